The maximum atomic E-state index is 11.9. The van der Waals surface area contributed by atoms with Gasteiger partial charge in [-0.1, -0.05) is 87.7 Å². The lowest BCUT2D eigenvalue weighted by atomic mass is 9.79. The molecule has 1 unspecified atom stereocenters. The average molecular weight is 469 g/mol. The molecular weight excluding hydrogens is 436 g/mol. The first kappa shape index (κ1) is 25.7. The summed E-state index contributed by atoms with van der Waals surface area (Å²) < 4.78 is 10.8. The van der Waals surface area contributed by atoms with Crippen LogP contribution >= 0.6 is 0 Å². The number of carbonyl (C=O) groups is 2. The number of benzene rings is 3. The van der Waals surface area contributed by atoms with Crippen LogP contribution in [-0.4, -0.2) is 18.0 Å². The summed E-state index contributed by atoms with van der Waals surface area (Å²) in [6.07, 6.45) is -0.299. The van der Waals surface area contributed by atoms with Crippen molar-refractivity contribution in [2.45, 2.75) is 46.1 Å². The van der Waals surface area contributed by atoms with Crippen molar-refractivity contribution < 1.29 is 19.1 Å². The van der Waals surface area contributed by atoms with Gasteiger partial charge in [-0.2, -0.15) is 0 Å². The quantitative estimate of drug-likeness (QED) is 0.198. The van der Waals surface area contributed by atoms with Crippen molar-refractivity contribution in [2.75, 3.05) is 0 Å². The van der Waals surface area contributed by atoms with E-state index in [1.165, 1.54) is 0 Å². The molecule has 0 aliphatic heterocycles. The zero-order valence-corrected chi connectivity index (χ0v) is 21.1. The van der Waals surface area contributed by atoms with Crippen LogP contribution in [0.2, 0.25) is 0 Å². The van der Waals surface area contributed by atoms with Gasteiger partial charge in [-0.25, -0.2) is 9.59 Å². The number of ether oxygens (including phenoxy) is 2. The van der Waals surface area contributed by atoms with Crippen LogP contribution in [-0.2, 0) is 19.7 Å². The van der Waals surface area contributed by atoms with E-state index in [1.807, 2.05) is 19.1 Å². The van der Waals surface area contributed by atoms with Crippen LogP contribution in [0.15, 0.2) is 97.1 Å². The Balaban J connectivity index is 1.72. The largest absolute Gasteiger partial charge is 0.458 e. The van der Waals surface area contributed by atoms with E-state index in [0.717, 1.165) is 27.8 Å². The molecule has 0 bridgehead atoms. The van der Waals surface area contributed by atoms with Gasteiger partial charge in [0.05, 0.1) is 0 Å². The zero-order chi connectivity index (χ0) is 25.8. The molecule has 35 heavy (non-hydrogen) atoms. The Hall–Kier alpha value is -3.92. The van der Waals surface area contributed by atoms with Gasteiger partial charge in [-0.15, -0.1) is 0 Å². The van der Waals surface area contributed by atoms with Crippen molar-refractivity contribution in [1.82, 2.24) is 0 Å². The molecule has 0 saturated carbocycles. The molecular formula is C31H32O4. The molecule has 0 aliphatic rings. The van der Waals surface area contributed by atoms with Crippen molar-refractivity contribution in [3.05, 3.63) is 103 Å². The molecule has 0 aliphatic carbocycles. The lowest BCUT2D eigenvalue weighted by Gasteiger charge is -2.32. The minimum absolute atomic E-state index is 0.299. The Morgan fingerprint density at radius 3 is 1.46 bits per heavy atom. The first-order valence-electron chi connectivity index (χ1n) is 11.5. The normalized spacial score (nSPS) is 11.9. The van der Waals surface area contributed by atoms with Crippen LogP contribution in [0.25, 0.3) is 22.3 Å². The Morgan fingerprint density at radius 2 is 1.06 bits per heavy atom. The highest BCUT2D eigenvalue weighted by atomic mass is 16.5. The molecule has 0 saturated heterocycles. The maximum absolute atomic E-state index is 11.9. The number of hydrogen-bond acceptors (Lipinski definition) is 4. The molecule has 0 N–H and O–H groups in total. The van der Waals surface area contributed by atoms with E-state index >= 15 is 0 Å². The molecule has 3 rings (SSSR count). The molecule has 3 aromatic rings. The highest BCUT2D eigenvalue weighted by Gasteiger charge is 2.31. The second-order valence-electron chi connectivity index (χ2n) is 9.40. The smallest absolute Gasteiger partial charge is 0.338 e. The van der Waals surface area contributed by atoms with E-state index in [9.17, 15) is 9.59 Å². The number of hydrogen-bond donors (Lipinski definition) is 0. The molecule has 0 fully saturated rings. The molecule has 180 valence electrons. The fourth-order valence-corrected chi connectivity index (χ4v) is 3.50. The van der Waals surface area contributed by atoms with E-state index < -0.39 is 5.97 Å². The third kappa shape index (κ3) is 6.15. The maximum Gasteiger partial charge on any atom is 0.338 e. The third-order valence-corrected chi connectivity index (χ3v) is 6.24. The fraction of sp³-hybridized carbons (Fsp3) is 0.226. The Morgan fingerprint density at radius 1 is 0.686 bits per heavy atom. The van der Waals surface area contributed by atoms with Crippen molar-refractivity contribution >= 4 is 11.9 Å². The van der Waals surface area contributed by atoms with E-state index in [2.05, 4.69) is 75.5 Å². The highest BCUT2D eigenvalue weighted by molar-refractivity contribution is 5.89. The fourth-order valence-electron chi connectivity index (χ4n) is 3.50. The predicted molar refractivity (Wildman–Crippen MR) is 141 cm³/mol. The third-order valence-electron chi connectivity index (χ3n) is 6.24. The summed E-state index contributed by atoms with van der Waals surface area (Å²) in [6, 6.07) is 24.1. The molecule has 3 aromatic carbocycles. The van der Waals surface area contributed by atoms with Crippen molar-refractivity contribution in [3.63, 3.8) is 0 Å². The standard InChI is InChI=1S/C31H32O4/c1-20(2)29(32)34-22(5)31(6,7)27-16-12-25(13-17-27)23-8-10-24(11-9-23)26-14-18-28(19-15-26)35-30(33)21(3)4/h8-19,22H,1,3H2,2,4-7H3. The summed E-state index contributed by atoms with van der Waals surface area (Å²) >= 11 is 0. The first-order chi connectivity index (χ1) is 16.5. The van der Waals surface area contributed by atoms with Gasteiger partial charge in [0.15, 0.2) is 0 Å². The van der Waals surface area contributed by atoms with Gasteiger partial charge in [0, 0.05) is 16.6 Å². The molecule has 0 heterocycles. The summed E-state index contributed by atoms with van der Waals surface area (Å²) in [5, 5.41) is 0. The molecule has 4 heteroatoms. The lowest BCUT2D eigenvalue weighted by molar-refractivity contribution is -0.146. The summed E-state index contributed by atoms with van der Waals surface area (Å²) in [6.45, 7) is 16.6. The monoisotopic (exact) mass is 468 g/mol. The zero-order valence-electron chi connectivity index (χ0n) is 21.1. The Bertz CT molecular complexity index is 1230. The number of esters is 2. The van der Waals surface area contributed by atoms with Crippen LogP contribution in [0, 0.1) is 0 Å². The van der Waals surface area contributed by atoms with E-state index in [-0.39, 0.29) is 17.5 Å². The van der Waals surface area contributed by atoms with Crippen molar-refractivity contribution in [3.8, 4) is 28.0 Å². The Labute approximate surface area is 207 Å². The first-order valence-corrected chi connectivity index (χ1v) is 11.5. The van der Waals surface area contributed by atoms with Crippen LogP contribution in [0.5, 0.6) is 5.75 Å². The van der Waals surface area contributed by atoms with Gasteiger partial charge in [0.25, 0.3) is 0 Å². The summed E-state index contributed by atoms with van der Waals surface area (Å²) in [5.74, 6) is -0.311. The summed E-state index contributed by atoms with van der Waals surface area (Å²) in [4.78, 5) is 23.6. The van der Waals surface area contributed by atoms with E-state index in [1.54, 1.807) is 26.0 Å². The van der Waals surface area contributed by atoms with Crippen molar-refractivity contribution in [2.24, 2.45) is 0 Å². The summed E-state index contributed by atoms with van der Waals surface area (Å²) in [5.41, 5.74) is 5.80. The number of rotatable bonds is 8. The van der Waals surface area contributed by atoms with Gasteiger partial charge in [0.1, 0.15) is 11.9 Å². The molecule has 0 aromatic heterocycles. The minimum Gasteiger partial charge on any atom is -0.458 e. The SMILES string of the molecule is C=C(C)C(=O)Oc1ccc(-c2ccc(-c3ccc(C(C)(C)C(C)OC(=O)C(=C)C)cc3)cc2)cc1. The van der Waals surface area contributed by atoms with Gasteiger partial charge in [-0.05, 0) is 60.7 Å². The predicted octanol–water partition coefficient (Wildman–Crippen LogP) is 7.29. The lowest BCUT2D eigenvalue weighted by Crippen LogP contribution is -2.35. The van der Waals surface area contributed by atoms with Crippen LogP contribution in [0.1, 0.15) is 40.2 Å². The Kier molecular flexibility index (Phi) is 7.75. The molecule has 0 amide bonds. The van der Waals surface area contributed by atoms with Gasteiger partial charge < -0.3 is 9.47 Å². The number of carbonyl (C=O) groups excluding carboxylic acids is 2. The van der Waals surface area contributed by atoms with E-state index in [4.69, 9.17) is 9.47 Å². The second-order valence-corrected chi connectivity index (χ2v) is 9.40. The topological polar surface area (TPSA) is 52.6 Å². The minimum atomic E-state index is -0.432. The highest BCUT2D eigenvalue weighted by Crippen LogP contribution is 2.32. The molecule has 0 spiro atoms. The van der Waals surface area contributed by atoms with Gasteiger partial charge >= 0.3 is 11.9 Å². The van der Waals surface area contributed by atoms with Crippen LogP contribution in [0.4, 0.5) is 0 Å². The van der Waals surface area contributed by atoms with Crippen LogP contribution < -0.4 is 4.74 Å². The van der Waals surface area contributed by atoms with Gasteiger partial charge in [-0.3, -0.25) is 0 Å². The van der Waals surface area contributed by atoms with Crippen molar-refractivity contribution in [1.29, 1.82) is 0 Å². The summed E-state index contributed by atoms with van der Waals surface area (Å²) in [7, 11) is 0. The second kappa shape index (κ2) is 10.6. The van der Waals surface area contributed by atoms with Gasteiger partial charge in [0.2, 0.25) is 0 Å². The molecule has 4 nitrogen and oxygen atoms in total. The van der Waals surface area contributed by atoms with Crippen LogP contribution in [0.3, 0.4) is 0 Å². The molecule has 0 radical (unpaired) electrons. The average Bonchev–Trinajstić information content (AvgIpc) is 2.84. The van der Waals surface area contributed by atoms with E-state index in [0.29, 0.717) is 16.9 Å². The molecule has 1 atom stereocenters.